The zero-order valence-corrected chi connectivity index (χ0v) is 20.1. The molecule has 0 amide bonds. The lowest BCUT2D eigenvalue weighted by Crippen LogP contribution is -2.24. The van der Waals surface area contributed by atoms with Crippen LogP contribution in [-0.4, -0.2) is 23.3 Å². The third-order valence-electron chi connectivity index (χ3n) is 5.20. The van der Waals surface area contributed by atoms with Crippen LogP contribution in [0.1, 0.15) is 12.8 Å². The van der Waals surface area contributed by atoms with Crippen molar-refractivity contribution < 1.29 is 9.47 Å². The van der Waals surface area contributed by atoms with Crippen LogP contribution in [0, 0.1) is 0 Å². The summed E-state index contributed by atoms with van der Waals surface area (Å²) in [4.78, 5) is 18.1. The van der Waals surface area contributed by atoms with Crippen LogP contribution in [-0.2, 0) is 6.54 Å². The van der Waals surface area contributed by atoms with E-state index in [4.69, 9.17) is 49.3 Å². The van der Waals surface area contributed by atoms with Gasteiger partial charge in [-0.15, -0.1) is 0 Å². The summed E-state index contributed by atoms with van der Waals surface area (Å²) < 4.78 is 12.7. The third kappa shape index (κ3) is 5.27. The van der Waals surface area contributed by atoms with Gasteiger partial charge in [0.25, 0.3) is 5.56 Å². The van der Waals surface area contributed by atoms with Crippen molar-refractivity contribution >= 4 is 45.7 Å². The molecular formula is C25H21Cl3N2O3. The molecule has 1 aromatic heterocycles. The van der Waals surface area contributed by atoms with E-state index >= 15 is 0 Å². The first-order valence-electron chi connectivity index (χ1n) is 10.4. The van der Waals surface area contributed by atoms with Gasteiger partial charge in [0.15, 0.2) is 5.75 Å². The van der Waals surface area contributed by atoms with Crippen molar-refractivity contribution in [3.63, 3.8) is 0 Å². The molecule has 170 valence electrons. The van der Waals surface area contributed by atoms with Gasteiger partial charge in [-0.2, -0.15) is 0 Å². The van der Waals surface area contributed by atoms with Gasteiger partial charge >= 0.3 is 0 Å². The number of halogens is 3. The maximum atomic E-state index is 13.3. The van der Waals surface area contributed by atoms with Crippen LogP contribution >= 0.6 is 34.8 Å². The van der Waals surface area contributed by atoms with Crippen LogP contribution in [0.15, 0.2) is 65.5 Å². The molecule has 3 aromatic carbocycles. The van der Waals surface area contributed by atoms with Crippen LogP contribution < -0.4 is 15.0 Å². The van der Waals surface area contributed by atoms with E-state index in [0.29, 0.717) is 63.5 Å². The molecule has 4 rings (SSSR count). The Labute approximate surface area is 206 Å². The molecule has 0 bridgehead atoms. The average Bonchev–Trinajstić information content (AvgIpc) is 2.81. The second-order valence-electron chi connectivity index (χ2n) is 7.39. The standard InChI is InChI=1S/C25H21Cl3N2O3/c1-32-18-10-8-16(9-11-18)24-29-22-7-3-2-6-19(22)25(31)30(24)12-4-5-13-33-23-20(27)14-17(26)15-21(23)28/h2-3,6-11,14-15H,4-5,12-13H2,1H3. The van der Waals surface area contributed by atoms with Crippen LogP contribution in [0.25, 0.3) is 22.3 Å². The fourth-order valence-electron chi connectivity index (χ4n) is 3.55. The number of fused-ring (bicyclic) bond motifs is 1. The summed E-state index contributed by atoms with van der Waals surface area (Å²) in [5.41, 5.74) is 1.44. The topological polar surface area (TPSA) is 53.3 Å². The van der Waals surface area contributed by atoms with Crippen molar-refractivity contribution in [2.45, 2.75) is 19.4 Å². The molecule has 0 N–H and O–H groups in total. The lowest BCUT2D eigenvalue weighted by atomic mass is 10.1. The molecule has 4 aromatic rings. The van der Waals surface area contributed by atoms with E-state index in [0.717, 1.165) is 11.3 Å². The molecule has 0 fully saturated rings. The van der Waals surface area contributed by atoms with E-state index in [2.05, 4.69) is 0 Å². The van der Waals surface area contributed by atoms with Crippen LogP contribution in [0.4, 0.5) is 0 Å². The smallest absolute Gasteiger partial charge is 0.261 e. The summed E-state index contributed by atoms with van der Waals surface area (Å²) in [6, 6.07) is 18.1. The molecule has 1 heterocycles. The molecule has 8 heteroatoms. The normalized spacial score (nSPS) is 11.0. The van der Waals surface area contributed by atoms with E-state index in [1.54, 1.807) is 29.9 Å². The Kier molecular flexibility index (Phi) is 7.43. The number of rotatable bonds is 8. The van der Waals surface area contributed by atoms with Crippen molar-refractivity contribution in [2.24, 2.45) is 0 Å². The summed E-state index contributed by atoms with van der Waals surface area (Å²) in [5.74, 6) is 1.77. The minimum atomic E-state index is -0.0730. The fourth-order valence-corrected chi connectivity index (χ4v) is 4.48. The molecule has 0 aliphatic rings. The summed E-state index contributed by atoms with van der Waals surface area (Å²) in [6.45, 7) is 0.887. The molecule has 5 nitrogen and oxygen atoms in total. The van der Waals surface area contributed by atoms with Gasteiger partial charge in [0.2, 0.25) is 0 Å². The molecule has 0 spiro atoms. The number of nitrogens with zero attached hydrogens (tertiary/aromatic N) is 2. The van der Waals surface area contributed by atoms with Crippen LogP contribution in [0.2, 0.25) is 15.1 Å². The minimum Gasteiger partial charge on any atom is -0.497 e. The number of benzene rings is 3. The highest BCUT2D eigenvalue weighted by atomic mass is 35.5. The molecule has 0 atom stereocenters. The van der Waals surface area contributed by atoms with Crippen LogP contribution in [0.5, 0.6) is 11.5 Å². The number of hydrogen-bond acceptors (Lipinski definition) is 4. The SMILES string of the molecule is COc1ccc(-c2nc3ccccc3c(=O)n2CCCCOc2c(Cl)cc(Cl)cc2Cl)cc1. The van der Waals surface area contributed by atoms with E-state index in [1.807, 2.05) is 42.5 Å². The Bertz CT molecular complexity index is 1310. The molecule has 0 saturated heterocycles. The number of hydrogen-bond donors (Lipinski definition) is 0. The Hall–Kier alpha value is -2.73. The largest absolute Gasteiger partial charge is 0.497 e. The molecular weight excluding hydrogens is 483 g/mol. The van der Waals surface area contributed by atoms with Gasteiger partial charge in [-0.1, -0.05) is 46.9 Å². The number of methoxy groups -OCH3 is 1. The highest BCUT2D eigenvalue weighted by Gasteiger charge is 2.13. The predicted molar refractivity (Wildman–Crippen MR) is 134 cm³/mol. The molecule has 33 heavy (non-hydrogen) atoms. The van der Waals surface area contributed by atoms with E-state index in [1.165, 1.54) is 0 Å². The van der Waals surface area contributed by atoms with Crippen molar-refractivity contribution in [1.82, 2.24) is 9.55 Å². The highest BCUT2D eigenvalue weighted by Crippen LogP contribution is 2.35. The van der Waals surface area contributed by atoms with Gasteiger partial charge in [0, 0.05) is 17.1 Å². The second kappa shape index (κ2) is 10.5. The first kappa shape index (κ1) is 23.4. The monoisotopic (exact) mass is 502 g/mol. The summed E-state index contributed by atoms with van der Waals surface area (Å²) in [5, 5.41) is 1.77. The zero-order valence-electron chi connectivity index (χ0n) is 17.9. The first-order valence-corrected chi connectivity index (χ1v) is 11.5. The van der Waals surface area contributed by atoms with E-state index in [-0.39, 0.29) is 5.56 Å². The number of ether oxygens (including phenoxy) is 2. The van der Waals surface area contributed by atoms with Crippen molar-refractivity contribution in [3.8, 4) is 22.9 Å². The Morgan fingerprint density at radius 3 is 2.33 bits per heavy atom. The van der Waals surface area contributed by atoms with Crippen molar-refractivity contribution in [3.05, 3.63) is 86.1 Å². The zero-order chi connectivity index (χ0) is 23.4. The van der Waals surface area contributed by atoms with Crippen molar-refractivity contribution in [2.75, 3.05) is 13.7 Å². The van der Waals surface area contributed by atoms with Gasteiger partial charge in [0.05, 0.1) is 34.7 Å². The van der Waals surface area contributed by atoms with Gasteiger partial charge in [-0.05, 0) is 61.4 Å². The quantitative estimate of drug-likeness (QED) is 0.246. The fraction of sp³-hybridized carbons (Fsp3) is 0.200. The first-order chi connectivity index (χ1) is 16.0. The van der Waals surface area contributed by atoms with Gasteiger partial charge in [0.1, 0.15) is 11.6 Å². The predicted octanol–water partition coefficient (Wildman–Crippen LogP) is 6.89. The molecule has 0 saturated carbocycles. The average molecular weight is 504 g/mol. The molecule has 0 radical (unpaired) electrons. The number of aromatic nitrogens is 2. The molecule has 0 unspecified atom stereocenters. The summed E-state index contributed by atoms with van der Waals surface area (Å²) >= 11 is 18.3. The highest BCUT2D eigenvalue weighted by molar-refractivity contribution is 6.40. The van der Waals surface area contributed by atoms with Crippen molar-refractivity contribution in [1.29, 1.82) is 0 Å². The maximum absolute atomic E-state index is 13.3. The second-order valence-corrected chi connectivity index (χ2v) is 8.64. The third-order valence-corrected chi connectivity index (χ3v) is 5.98. The Balaban J connectivity index is 1.54. The molecule has 0 aliphatic heterocycles. The lowest BCUT2D eigenvalue weighted by molar-refractivity contribution is 0.303. The molecule has 0 aliphatic carbocycles. The summed E-state index contributed by atoms with van der Waals surface area (Å²) in [7, 11) is 1.62. The maximum Gasteiger partial charge on any atom is 0.261 e. The van der Waals surface area contributed by atoms with Gasteiger partial charge in [-0.25, -0.2) is 4.98 Å². The Morgan fingerprint density at radius 1 is 0.939 bits per heavy atom. The minimum absolute atomic E-state index is 0.0730. The lowest BCUT2D eigenvalue weighted by Gasteiger charge is -2.15. The number of para-hydroxylation sites is 1. The van der Waals surface area contributed by atoms with Crippen LogP contribution in [0.3, 0.4) is 0 Å². The van der Waals surface area contributed by atoms with Gasteiger partial charge in [-0.3, -0.25) is 9.36 Å². The summed E-state index contributed by atoms with van der Waals surface area (Å²) in [6.07, 6.45) is 1.39. The van der Waals surface area contributed by atoms with Gasteiger partial charge < -0.3 is 9.47 Å². The Morgan fingerprint density at radius 2 is 1.64 bits per heavy atom. The van der Waals surface area contributed by atoms with E-state index < -0.39 is 0 Å². The van der Waals surface area contributed by atoms with E-state index in [9.17, 15) is 4.79 Å². The number of unbranched alkanes of at least 4 members (excludes halogenated alkanes) is 1.